The predicted molar refractivity (Wildman–Crippen MR) is 83.8 cm³/mol. The molecule has 22 heavy (non-hydrogen) atoms. The van der Waals surface area contributed by atoms with E-state index in [9.17, 15) is 17.6 Å². The fraction of sp³-hybridized carbons (Fsp3) is 0.571. The molecule has 0 bridgehead atoms. The van der Waals surface area contributed by atoms with Crippen molar-refractivity contribution >= 4 is 28.3 Å². The maximum Gasteiger partial charge on any atom is 0.389 e. The van der Waals surface area contributed by atoms with E-state index in [1.807, 2.05) is 4.90 Å². The fourth-order valence-corrected chi connectivity index (χ4v) is 3.10. The number of hydrogen-bond donors (Lipinski definition) is 1. The average Bonchev–Trinajstić information content (AvgIpc) is 2.37. The van der Waals surface area contributed by atoms with Gasteiger partial charge >= 0.3 is 6.18 Å². The molecule has 0 aliphatic carbocycles. The normalized spacial score (nSPS) is 17.9. The minimum Gasteiger partial charge on any atom is -0.314 e. The minimum atomic E-state index is -4.20. The molecule has 1 aromatic rings. The van der Waals surface area contributed by atoms with Crippen molar-refractivity contribution in [3.05, 3.63) is 34.1 Å². The highest BCUT2D eigenvalue weighted by molar-refractivity contribution is 9.10. The molecule has 1 fully saturated rings. The third-order valence-corrected chi connectivity index (χ3v) is 4.02. The summed E-state index contributed by atoms with van der Waals surface area (Å²) in [5, 5.41) is 3.17. The van der Waals surface area contributed by atoms with Crippen molar-refractivity contribution in [2.75, 3.05) is 26.2 Å². The first kappa shape index (κ1) is 19.7. The van der Waals surface area contributed by atoms with Gasteiger partial charge in [0.25, 0.3) is 0 Å². The van der Waals surface area contributed by atoms with Crippen molar-refractivity contribution in [1.82, 2.24) is 10.2 Å². The van der Waals surface area contributed by atoms with Gasteiger partial charge in [0, 0.05) is 43.1 Å². The van der Waals surface area contributed by atoms with Gasteiger partial charge in [0.05, 0.1) is 0 Å². The van der Waals surface area contributed by atoms with Gasteiger partial charge in [-0.1, -0.05) is 15.9 Å². The van der Waals surface area contributed by atoms with Crippen LogP contribution in [0.15, 0.2) is 22.7 Å². The van der Waals surface area contributed by atoms with Crippen LogP contribution in [-0.4, -0.2) is 37.3 Å². The lowest BCUT2D eigenvalue weighted by molar-refractivity contribution is -0.138. The van der Waals surface area contributed by atoms with Crippen molar-refractivity contribution in [2.24, 2.45) is 0 Å². The van der Waals surface area contributed by atoms with Crippen LogP contribution in [0.2, 0.25) is 0 Å². The van der Waals surface area contributed by atoms with Crippen LogP contribution in [0.3, 0.4) is 0 Å². The van der Waals surface area contributed by atoms with Gasteiger partial charge in [-0.25, -0.2) is 4.39 Å². The quantitative estimate of drug-likeness (QED) is 0.752. The zero-order valence-corrected chi connectivity index (χ0v) is 14.2. The molecule has 1 aromatic carbocycles. The highest BCUT2D eigenvalue weighted by Crippen LogP contribution is 2.33. The van der Waals surface area contributed by atoms with Crippen molar-refractivity contribution in [2.45, 2.75) is 25.1 Å². The number of benzene rings is 1. The van der Waals surface area contributed by atoms with Crippen LogP contribution < -0.4 is 5.32 Å². The van der Waals surface area contributed by atoms with Crippen molar-refractivity contribution < 1.29 is 17.6 Å². The van der Waals surface area contributed by atoms with E-state index in [-0.39, 0.29) is 18.8 Å². The number of nitrogens with zero attached hydrogens (tertiary/aromatic N) is 1. The first-order valence-electron chi connectivity index (χ1n) is 6.83. The van der Waals surface area contributed by atoms with Gasteiger partial charge in [0.15, 0.2) is 0 Å². The SMILES string of the molecule is Cl.Fc1cc(Br)cc([C@@H](CCC(F)(F)F)N2CCNCC2)c1. The molecule has 1 atom stereocenters. The predicted octanol–water partition coefficient (Wildman–Crippen LogP) is 4.30. The molecule has 8 heteroatoms. The molecule has 2 nitrogen and oxygen atoms in total. The molecule has 0 unspecified atom stereocenters. The average molecular weight is 406 g/mol. The lowest BCUT2D eigenvalue weighted by Crippen LogP contribution is -2.45. The molecule has 0 radical (unpaired) electrons. The number of alkyl halides is 3. The smallest absolute Gasteiger partial charge is 0.314 e. The number of halogens is 6. The molecule has 126 valence electrons. The second kappa shape index (κ2) is 8.47. The summed E-state index contributed by atoms with van der Waals surface area (Å²) in [5.74, 6) is -0.438. The molecule has 0 spiro atoms. The Morgan fingerprint density at radius 1 is 1.18 bits per heavy atom. The Hall–Kier alpha value is -0.370. The van der Waals surface area contributed by atoms with Crippen molar-refractivity contribution in [3.63, 3.8) is 0 Å². The summed E-state index contributed by atoms with van der Waals surface area (Å²) >= 11 is 3.20. The number of piperazine rings is 1. The highest BCUT2D eigenvalue weighted by Gasteiger charge is 2.31. The first-order chi connectivity index (χ1) is 9.85. The first-order valence-corrected chi connectivity index (χ1v) is 7.62. The molecule has 0 saturated carbocycles. The summed E-state index contributed by atoms with van der Waals surface area (Å²) in [6.45, 7) is 2.80. The summed E-state index contributed by atoms with van der Waals surface area (Å²) < 4.78 is 51.7. The van der Waals surface area contributed by atoms with E-state index in [0.29, 0.717) is 23.1 Å². The van der Waals surface area contributed by atoms with Gasteiger partial charge in [-0.3, -0.25) is 4.90 Å². The van der Waals surface area contributed by atoms with E-state index in [1.54, 1.807) is 6.07 Å². The summed E-state index contributed by atoms with van der Waals surface area (Å²) in [6.07, 6.45) is -5.12. The number of hydrogen-bond acceptors (Lipinski definition) is 2. The summed E-state index contributed by atoms with van der Waals surface area (Å²) in [5.41, 5.74) is 0.591. The maximum absolute atomic E-state index is 13.5. The Bertz CT molecular complexity index is 458. The molecule has 1 heterocycles. The Labute approximate surface area is 141 Å². The minimum absolute atomic E-state index is 0. The standard InChI is InChI=1S/C14H17BrF4N2.ClH/c15-11-7-10(8-12(16)9-11)13(1-2-14(17,18)19)21-5-3-20-4-6-21;/h7-9,13,20H,1-6H2;1H/t13-;/m1./s1. The van der Waals surface area contributed by atoms with E-state index in [1.165, 1.54) is 12.1 Å². The van der Waals surface area contributed by atoms with Crippen LogP contribution in [0.5, 0.6) is 0 Å². The van der Waals surface area contributed by atoms with E-state index in [2.05, 4.69) is 21.2 Å². The molecule has 1 saturated heterocycles. The molecule has 0 aromatic heterocycles. The Morgan fingerprint density at radius 3 is 2.36 bits per heavy atom. The lowest BCUT2D eigenvalue weighted by atomic mass is 9.99. The van der Waals surface area contributed by atoms with Crippen LogP contribution in [0.1, 0.15) is 24.4 Å². The maximum atomic E-state index is 13.5. The monoisotopic (exact) mass is 404 g/mol. The Balaban J connectivity index is 0.00000242. The van der Waals surface area contributed by atoms with Gasteiger partial charge < -0.3 is 5.32 Å². The molecule has 1 aliphatic rings. The van der Waals surface area contributed by atoms with Gasteiger partial charge in [-0.15, -0.1) is 12.4 Å². The second-order valence-electron chi connectivity index (χ2n) is 5.16. The fourth-order valence-electron chi connectivity index (χ4n) is 2.62. The van der Waals surface area contributed by atoms with E-state index in [0.717, 1.165) is 13.1 Å². The third-order valence-electron chi connectivity index (χ3n) is 3.56. The van der Waals surface area contributed by atoms with Gasteiger partial charge in [-0.05, 0) is 30.2 Å². The largest absolute Gasteiger partial charge is 0.389 e. The zero-order chi connectivity index (χ0) is 15.5. The third kappa shape index (κ3) is 6.02. The lowest BCUT2D eigenvalue weighted by Gasteiger charge is -2.35. The molecular weight excluding hydrogens is 388 g/mol. The highest BCUT2D eigenvalue weighted by atomic mass is 79.9. The van der Waals surface area contributed by atoms with Crippen LogP contribution in [0, 0.1) is 5.82 Å². The number of rotatable bonds is 4. The summed E-state index contributed by atoms with van der Waals surface area (Å²) in [6, 6.07) is 3.92. The molecule has 2 rings (SSSR count). The van der Waals surface area contributed by atoms with Gasteiger partial charge in [-0.2, -0.15) is 13.2 Å². The van der Waals surface area contributed by atoms with E-state index in [4.69, 9.17) is 0 Å². The van der Waals surface area contributed by atoms with E-state index < -0.39 is 24.5 Å². The molecule has 1 aliphatic heterocycles. The van der Waals surface area contributed by atoms with Crippen LogP contribution in [0.25, 0.3) is 0 Å². The van der Waals surface area contributed by atoms with Crippen molar-refractivity contribution in [3.8, 4) is 0 Å². The Morgan fingerprint density at radius 2 is 1.82 bits per heavy atom. The van der Waals surface area contributed by atoms with Crippen LogP contribution in [-0.2, 0) is 0 Å². The Kier molecular flexibility index (Phi) is 7.58. The van der Waals surface area contributed by atoms with E-state index >= 15 is 0 Å². The molecule has 1 N–H and O–H groups in total. The molecular formula is C14H18BrClF4N2. The van der Waals surface area contributed by atoms with Crippen LogP contribution in [0.4, 0.5) is 17.6 Å². The number of nitrogens with one attached hydrogen (secondary N) is 1. The van der Waals surface area contributed by atoms with Gasteiger partial charge in [0.2, 0.25) is 0 Å². The summed E-state index contributed by atoms with van der Waals surface area (Å²) in [4.78, 5) is 1.99. The topological polar surface area (TPSA) is 15.3 Å². The van der Waals surface area contributed by atoms with Crippen molar-refractivity contribution in [1.29, 1.82) is 0 Å². The van der Waals surface area contributed by atoms with Crippen LogP contribution >= 0.6 is 28.3 Å². The second-order valence-corrected chi connectivity index (χ2v) is 6.07. The van der Waals surface area contributed by atoms with Gasteiger partial charge in [0.1, 0.15) is 5.82 Å². The molecule has 0 amide bonds. The zero-order valence-electron chi connectivity index (χ0n) is 11.8. The summed E-state index contributed by atoms with van der Waals surface area (Å²) in [7, 11) is 0.